The Hall–Kier alpha value is -0.300. The molecule has 1 aliphatic heterocycles. The standard InChI is InChI=1S/C6H9O/c1-6-3-2-4-7-5-6/h3H,1-2,4-5H2. The summed E-state index contributed by atoms with van der Waals surface area (Å²) in [6, 6.07) is 0. The largest absolute Gasteiger partial charge is 0.377 e. The molecule has 0 N–H and O–H groups in total. The molecule has 1 aliphatic rings. The van der Waals surface area contributed by atoms with E-state index in [4.69, 9.17) is 4.74 Å². The van der Waals surface area contributed by atoms with Crippen LogP contribution in [-0.2, 0) is 4.74 Å². The molecule has 0 aromatic heterocycles. The lowest BCUT2D eigenvalue weighted by Gasteiger charge is -2.07. The van der Waals surface area contributed by atoms with Crippen molar-refractivity contribution in [1.29, 1.82) is 0 Å². The van der Waals surface area contributed by atoms with Crippen molar-refractivity contribution in [3.8, 4) is 0 Å². The fraction of sp³-hybridized carbons (Fsp3) is 0.500. The molecule has 0 bridgehead atoms. The Labute approximate surface area is 44.0 Å². The van der Waals surface area contributed by atoms with Gasteiger partial charge in [0, 0.05) is 0 Å². The summed E-state index contributed by atoms with van der Waals surface area (Å²) in [5.74, 6) is 0. The first-order valence-electron chi connectivity index (χ1n) is 2.48. The van der Waals surface area contributed by atoms with Crippen LogP contribution in [0.2, 0.25) is 0 Å². The molecule has 1 nitrogen and oxygen atoms in total. The molecule has 0 amide bonds. The quantitative estimate of drug-likeness (QED) is 0.441. The lowest BCUT2D eigenvalue weighted by molar-refractivity contribution is 0.153. The summed E-state index contributed by atoms with van der Waals surface area (Å²) in [5.41, 5.74) is 1.12. The third-order valence-electron chi connectivity index (χ3n) is 0.983. The van der Waals surface area contributed by atoms with Crippen LogP contribution in [0.3, 0.4) is 0 Å². The normalized spacial score (nSPS) is 21.6. The van der Waals surface area contributed by atoms with Gasteiger partial charge in [-0.3, -0.25) is 0 Å². The van der Waals surface area contributed by atoms with Crippen LogP contribution in [0, 0.1) is 6.92 Å². The summed E-state index contributed by atoms with van der Waals surface area (Å²) in [4.78, 5) is 0. The molecule has 0 saturated carbocycles. The Morgan fingerprint density at radius 1 is 1.71 bits per heavy atom. The van der Waals surface area contributed by atoms with Crippen LogP contribution >= 0.6 is 0 Å². The first kappa shape index (κ1) is 4.85. The summed E-state index contributed by atoms with van der Waals surface area (Å²) in [7, 11) is 0. The van der Waals surface area contributed by atoms with E-state index in [1.807, 2.05) is 0 Å². The maximum atomic E-state index is 5.05. The van der Waals surface area contributed by atoms with Gasteiger partial charge in [0.2, 0.25) is 0 Å². The highest BCUT2D eigenvalue weighted by molar-refractivity contribution is 5.07. The van der Waals surface area contributed by atoms with Gasteiger partial charge >= 0.3 is 0 Å². The third kappa shape index (κ3) is 1.32. The van der Waals surface area contributed by atoms with Crippen molar-refractivity contribution in [2.75, 3.05) is 13.2 Å². The summed E-state index contributed by atoms with van der Waals surface area (Å²) in [6.07, 6.45) is 3.16. The maximum Gasteiger partial charge on any atom is 0.0677 e. The highest BCUT2D eigenvalue weighted by Gasteiger charge is 1.94. The van der Waals surface area contributed by atoms with Crippen molar-refractivity contribution >= 4 is 0 Å². The highest BCUT2D eigenvalue weighted by atomic mass is 16.5. The second kappa shape index (κ2) is 2.12. The Morgan fingerprint density at radius 2 is 2.57 bits per heavy atom. The topological polar surface area (TPSA) is 9.23 Å². The van der Waals surface area contributed by atoms with E-state index in [-0.39, 0.29) is 0 Å². The summed E-state index contributed by atoms with van der Waals surface area (Å²) >= 11 is 0. The maximum absolute atomic E-state index is 5.05. The molecule has 7 heavy (non-hydrogen) atoms. The molecule has 1 radical (unpaired) electrons. The Kier molecular flexibility index (Phi) is 1.47. The first-order valence-corrected chi connectivity index (χ1v) is 2.48. The number of hydrogen-bond acceptors (Lipinski definition) is 1. The second-order valence-electron chi connectivity index (χ2n) is 1.70. The lowest BCUT2D eigenvalue weighted by Crippen LogP contribution is -2.02. The van der Waals surface area contributed by atoms with E-state index in [1.54, 1.807) is 0 Å². The van der Waals surface area contributed by atoms with Crippen LogP contribution < -0.4 is 0 Å². The van der Waals surface area contributed by atoms with E-state index in [0.717, 1.165) is 25.2 Å². The van der Waals surface area contributed by atoms with Gasteiger partial charge in [-0.1, -0.05) is 6.08 Å². The lowest BCUT2D eigenvalue weighted by atomic mass is 10.2. The van der Waals surface area contributed by atoms with E-state index in [9.17, 15) is 0 Å². The molecule has 0 atom stereocenters. The molecule has 0 aliphatic carbocycles. The van der Waals surface area contributed by atoms with Gasteiger partial charge in [-0.25, -0.2) is 0 Å². The Balaban J connectivity index is 2.40. The predicted octanol–water partition coefficient (Wildman–Crippen LogP) is 1.17. The van der Waals surface area contributed by atoms with Crippen molar-refractivity contribution in [2.24, 2.45) is 0 Å². The van der Waals surface area contributed by atoms with E-state index >= 15 is 0 Å². The first-order chi connectivity index (χ1) is 3.39. The van der Waals surface area contributed by atoms with Gasteiger partial charge < -0.3 is 4.74 Å². The minimum atomic E-state index is 0.736. The average molecular weight is 97.1 g/mol. The molecular weight excluding hydrogens is 88.1 g/mol. The molecular formula is C6H9O. The predicted molar refractivity (Wildman–Crippen MR) is 28.9 cm³/mol. The van der Waals surface area contributed by atoms with Gasteiger partial charge in [0.25, 0.3) is 0 Å². The molecule has 0 spiro atoms. The number of hydrogen-bond donors (Lipinski definition) is 0. The zero-order valence-corrected chi connectivity index (χ0v) is 4.31. The molecule has 0 fully saturated rings. The summed E-state index contributed by atoms with van der Waals surface area (Å²) in [5, 5.41) is 0. The van der Waals surface area contributed by atoms with Gasteiger partial charge in [0.05, 0.1) is 13.2 Å². The number of ether oxygens (including phenoxy) is 1. The van der Waals surface area contributed by atoms with Crippen LogP contribution in [0.1, 0.15) is 6.42 Å². The van der Waals surface area contributed by atoms with Gasteiger partial charge in [-0.2, -0.15) is 0 Å². The Morgan fingerprint density at radius 3 is 2.86 bits per heavy atom. The van der Waals surface area contributed by atoms with Gasteiger partial charge in [-0.15, -0.1) is 0 Å². The van der Waals surface area contributed by atoms with Crippen LogP contribution in [0.25, 0.3) is 0 Å². The minimum Gasteiger partial charge on any atom is -0.377 e. The molecule has 0 unspecified atom stereocenters. The Bertz CT molecular complexity index is 84.2. The van der Waals surface area contributed by atoms with Crippen LogP contribution in [0.5, 0.6) is 0 Å². The summed E-state index contributed by atoms with van der Waals surface area (Å²) < 4.78 is 5.05. The minimum absolute atomic E-state index is 0.736. The van der Waals surface area contributed by atoms with Crippen molar-refractivity contribution < 1.29 is 4.74 Å². The second-order valence-corrected chi connectivity index (χ2v) is 1.70. The van der Waals surface area contributed by atoms with Crippen molar-refractivity contribution in [3.05, 3.63) is 18.6 Å². The molecule has 0 aromatic rings. The van der Waals surface area contributed by atoms with Gasteiger partial charge in [0.15, 0.2) is 0 Å². The van der Waals surface area contributed by atoms with E-state index in [0.29, 0.717) is 0 Å². The van der Waals surface area contributed by atoms with Crippen molar-refractivity contribution in [3.63, 3.8) is 0 Å². The van der Waals surface area contributed by atoms with Gasteiger partial charge in [0.1, 0.15) is 0 Å². The summed E-state index contributed by atoms with van der Waals surface area (Å²) in [6.45, 7) is 5.34. The van der Waals surface area contributed by atoms with Crippen LogP contribution in [0.15, 0.2) is 11.6 Å². The highest BCUT2D eigenvalue weighted by Crippen LogP contribution is 2.01. The molecule has 0 aromatic carbocycles. The van der Waals surface area contributed by atoms with Crippen molar-refractivity contribution in [2.45, 2.75) is 6.42 Å². The zero-order chi connectivity index (χ0) is 5.11. The number of rotatable bonds is 0. The molecule has 1 rings (SSSR count). The van der Waals surface area contributed by atoms with Crippen LogP contribution in [-0.4, -0.2) is 13.2 Å². The van der Waals surface area contributed by atoms with Gasteiger partial charge in [-0.05, 0) is 18.9 Å². The van der Waals surface area contributed by atoms with E-state index in [1.165, 1.54) is 0 Å². The molecule has 1 heterocycles. The third-order valence-corrected chi connectivity index (χ3v) is 0.983. The zero-order valence-electron chi connectivity index (χ0n) is 4.31. The molecule has 39 valence electrons. The fourth-order valence-electron chi connectivity index (χ4n) is 0.609. The fourth-order valence-corrected chi connectivity index (χ4v) is 0.609. The SMILES string of the molecule is [CH2]C1=CCCOC1. The smallest absolute Gasteiger partial charge is 0.0677 e. The average Bonchev–Trinajstić information content (AvgIpc) is 1.69. The van der Waals surface area contributed by atoms with Crippen LogP contribution in [0.4, 0.5) is 0 Å². The van der Waals surface area contributed by atoms with Crippen molar-refractivity contribution in [1.82, 2.24) is 0 Å². The van der Waals surface area contributed by atoms with E-state index in [2.05, 4.69) is 13.0 Å². The van der Waals surface area contributed by atoms with E-state index < -0.39 is 0 Å². The monoisotopic (exact) mass is 97.1 g/mol. The molecule has 1 heteroatoms. The molecule has 0 saturated heterocycles.